The molecule has 0 aliphatic rings. The minimum atomic E-state index is -3.39. The molecule has 0 fully saturated rings. The summed E-state index contributed by atoms with van der Waals surface area (Å²) in [5.74, 6) is 0. The van der Waals surface area contributed by atoms with E-state index in [9.17, 15) is 13.2 Å². The number of carbonyl (C=O) groups is 1. The van der Waals surface area contributed by atoms with Crippen molar-refractivity contribution in [1.29, 1.82) is 0 Å². The molecule has 1 aromatic rings. The Hall–Kier alpha value is -1.82. The van der Waals surface area contributed by atoms with Crippen LogP contribution in [-0.2, 0) is 9.84 Å². The monoisotopic (exact) mass is 282 g/mol. The molecular formula is C13H18N2O3S. The lowest BCUT2D eigenvalue weighted by atomic mass is 10.2. The Morgan fingerprint density at radius 2 is 2.00 bits per heavy atom. The van der Waals surface area contributed by atoms with Crippen molar-refractivity contribution in [3.63, 3.8) is 0 Å². The number of hydrogen-bond donors (Lipinski definition) is 2. The maximum atomic E-state index is 11.6. The maximum absolute atomic E-state index is 11.6. The minimum absolute atomic E-state index is 0.101. The Kier molecular flexibility index (Phi) is 4.72. The smallest absolute Gasteiger partial charge is 0.319 e. The normalized spacial score (nSPS) is 10.9. The van der Waals surface area contributed by atoms with Gasteiger partial charge in [-0.15, -0.1) is 0 Å². The third kappa shape index (κ3) is 4.75. The van der Waals surface area contributed by atoms with Gasteiger partial charge in [-0.1, -0.05) is 18.2 Å². The number of sulfone groups is 1. The van der Waals surface area contributed by atoms with Gasteiger partial charge in [-0.3, -0.25) is 0 Å². The molecular weight excluding hydrogens is 264 g/mol. The number of hydrogen-bond acceptors (Lipinski definition) is 3. The van der Waals surface area contributed by atoms with Gasteiger partial charge >= 0.3 is 6.03 Å². The summed E-state index contributed by atoms with van der Waals surface area (Å²) in [6, 6.07) is 4.34. The van der Waals surface area contributed by atoms with Crippen molar-refractivity contribution < 1.29 is 13.2 Å². The summed E-state index contributed by atoms with van der Waals surface area (Å²) < 4.78 is 23.3. The van der Waals surface area contributed by atoms with Crippen LogP contribution in [0.15, 0.2) is 35.2 Å². The van der Waals surface area contributed by atoms with Crippen LogP contribution in [0.3, 0.4) is 0 Å². The summed E-state index contributed by atoms with van der Waals surface area (Å²) in [6.07, 6.45) is 1.11. The number of aryl methyl sites for hydroxylation is 1. The number of amides is 2. The van der Waals surface area contributed by atoms with Crippen LogP contribution >= 0.6 is 0 Å². The fraction of sp³-hybridized carbons (Fsp3) is 0.308. The van der Waals surface area contributed by atoms with Crippen molar-refractivity contribution in [2.24, 2.45) is 0 Å². The first-order chi connectivity index (χ1) is 8.70. The maximum Gasteiger partial charge on any atom is 0.319 e. The Morgan fingerprint density at radius 1 is 1.37 bits per heavy atom. The average molecular weight is 282 g/mol. The molecule has 0 saturated heterocycles. The zero-order chi connectivity index (χ0) is 14.6. The molecule has 1 rings (SSSR count). The number of nitrogens with one attached hydrogen (secondary N) is 2. The molecule has 19 heavy (non-hydrogen) atoms. The third-order valence-electron chi connectivity index (χ3n) is 2.33. The van der Waals surface area contributed by atoms with Gasteiger partial charge in [0.15, 0.2) is 9.84 Å². The SMILES string of the molecule is C=C(C)CNC(=O)Nc1cc(C)ccc1S(C)(=O)=O. The first-order valence-corrected chi connectivity index (χ1v) is 7.59. The standard InChI is InChI=1S/C13H18N2O3S/c1-9(2)8-14-13(16)15-11-7-10(3)5-6-12(11)19(4,17)18/h5-7H,1,8H2,2-4H3,(H2,14,15,16). The predicted octanol–water partition coefficient (Wildman–Crippen LogP) is 2.10. The highest BCUT2D eigenvalue weighted by atomic mass is 32.2. The van der Waals surface area contributed by atoms with Crippen LogP contribution in [0, 0.1) is 6.92 Å². The van der Waals surface area contributed by atoms with Gasteiger partial charge in [0, 0.05) is 12.8 Å². The second-order valence-corrected chi connectivity index (χ2v) is 6.52. The van der Waals surface area contributed by atoms with E-state index in [1.807, 2.05) is 6.92 Å². The molecule has 5 nitrogen and oxygen atoms in total. The topological polar surface area (TPSA) is 75.3 Å². The molecule has 0 radical (unpaired) electrons. The Balaban J connectivity index is 2.97. The first-order valence-electron chi connectivity index (χ1n) is 5.70. The van der Waals surface area contributed by atoms with Crippen LogP contribution in [0.5, 0.6) is 0 Å². The van der Waals surface area contributed by atoms with Crippen LogP contribution in [0.4, 0.5) is 10.5 Å². The van der Waals surface area contributed by atoms with E-state index in [1.165, 1.54) is 6.07 Å². The van der Waals surface area contributed by atoms with Crippen molar-refractivity contribution >= 4 is 21.6 Å². The van der Waals surface area contributed by atoms with Crippen molar-refractivity contribution in [2.45, 2.75) is 18.7 Å². The van der Waals surface area contributed by atoms with Crippen LogP contribution in [-0.4, -0.2) is 27.2 Å². The van der Waals surface area contributed by atoms with Crippen molar-refractivity contribution in [3.05, 3.63) is 35.9 Å². The van der Waals surface area contributed by atoms with Gasteiger partial charge in [-0.25, -0.2) is 13.2 Å². The number of carbonyl (C=O) groups excluding carboxylic acids is 1. The minimum Gasteiger partial charge on any atom is -0.334 e. The molecule has 0 unspecified atom stereocenters. The Bertz CT molecular complexity index is 606. The van der Waals surface area contributed by atoms with E-state index >= 15 is 0 Å². The van der Waals surface area contributed by atoms with E-state index in [0.717, 1.165) is 17.4 Å². The predicted molar refractivity (Wildman–Crippen MR) is 76.1 cm³/mol. The molecule has 0 aliphatic carbocycles. The van der Waals surface area contributed by atoms with Crippen molar-refractivity contribution in [1.82, 2.24) is 5.32 Å². The second-order valence-electron chi connectivity index (χ2n) is 4.54. The van der Waals surface area contributed by atoms with Gasteiger partial charge in [0.2, 0.25) is 0 Å². The fourth-order valence-corrected chi connectivity index (χ4v) is 2.29. The fourth-order valence-electron chi connectivity index (χ4n) is 1.46. The zero-order valence-electron chi connectivity index (χ0n) is 11.3. The van der Waals surface area contributed by atoms with Gasteiger partial charge in [0.25, 0.3) is 0 Å². The largest absolute Gasteiger partial charge is 0.334 e. The quantitative estimate of drug-likeness (QED) is 0.830. The molecule has 0 atom stereocenters. The molecule has 0 aliphatic heterocycles. The van der Waals surface area contributed by atoms with E-state index in [1.54, 1.807) is 19.1 Å². The van der Waals surface area contributed by atoms with Gasteiger partial charge < -0.3 is 10.6 Å². The Morgan fingerprint density at radius 3 is 2.53 bits per heavy atom. The summed E-state index contributed by atoms with van der Waals surface area (Å²) in [5.41, 5.74) is 1.95. The number of benzene rings is 1. The number of rotatable bonds is 4. The molecule has 6 heteroatoms. The lowest BCUT2D eigenvalue weighted by molar-refractivity contribution is 0.253. The molecule has 2 N–H and O–H groups in total. The van der Waals surface area contributed by atoms with Gasteiger partial charge in [-0.05, 0) is 31.5 Å². The van der Waals surface area contributed by atoms with Crippen molar-refractivity contribution in [2.75, 3.05) is 18.1 Å². The molecule has 0 bridgehead atoms. The highest BCUT2D eigenvalue weighted by Crippen LogP contribution is 2.22. The van der Waals surface area contributed by atoms with Crippen LogP contribution in [0.1, 0.15) is 12.5 Å². The molecule has 2 amide bonds. The van der Waals surface area contributed by atoms with E-state index < -0.39 is 15.9 Å². The molecule has 0 saturated carbocycles. The third-order valence-corrected chi connectivity index (χ3v) is 3.49. The molecule has 0 spiro atoms. The zero-order valence-corrected chi connectivity index (χ0v) is 12.1. The lowest BCUT2D eigenvalue weighted by Crippen LogP contribution is -2.30. The van der Waals surface area contributed by atoms with Crippen LogP contribution < -0.4 is 10.6 Å². The summed E-state index contributed by atoms with van der Waals surface area (Å²) in [7, 11) is -3.39. The molecule has 0 aromatic heterocycles. The first kappa shape index (κ1) is 15.2. The Labute approximate surface area is 113 Å². The van der Waals surface area contributed by atoms with E-state index in [-0.39, 0.29) is 10.6 Å². The molecule has 104 valence electrons. The summed E-state index contributed by atoms with van der Waals surface area (Å²) in [5, 5.41) is 5.13. The van der Waals surface area contributed by atoms with Gasteiger partial charge in [-0.2, -0.15) is 0 Å². The summed E-state index contributed by atoms with van der Waals surface area (Å²) in [4.78, 5) is 11.7. The van der Waals surface area contributed by atoms with Gasteiger partial charge in [0.05, 0.1) is 10.6 Å². The number of anilines is 1. The van der Waals surface area contributed by atoms with E-state index in [0.29, 0.717) is 6.54 Å². The molecule has 0 heterocycles. The highest BCUT2D eigenvalue weighted by Gasteiger charge is 2.15. The van der Waals surface area contributed by atoms with E-state index in [4.69, 9.17) is 0 Å². The number of urea groups is 1. The average Bonchev–Trinajstić information content (AvgIpc) is 2.24. The van der Waals surface area contributed by atoms with Gasteiger partial charge in [0.1, 0.15) is 0 Å². The lowest BCUT2D eigenvalue weighted by Gasteiger charge is -2.11. The molecule has 1 aromatic carbocycles. The summed E-state index contributed by atoms with van der Waals surface area (Å²) in [6.45, 7) is 7.61. The highest BCUT2D eigenvalue weighted by molar-refractivity contribution is 7.90. The van der Waals surface area contributed by atoms with E-state index in [2.05, 4.69) is 17.2 Å². The second kappa shape index (κ2) is 5.88. The van der Waals surface area contributed by atoms with Crippen LogP contribution in [0.25, 0.3) is 0 Å². The summed E-state index contributed by atoms with van der Waals surface area (Å²) >= 11 is 0. The van der Waals surface area contributed by atoms with Crippen LogP contribution in [0.2, 0.25) is 0 Å². The van der Waals surface area contributed by atoms with Crippen molar-refractivity contribution in [3.8, 4) is 0 Å².